The van der Waals surface area contributed by atoms with E-state index in [-0.39, 0.29) is 17.4 Å². The van der Waals surface area contributed by atoms with Gasteiger partial charge in [-0.15, -0.1) is 0 Å². The first-order valence-corrected chi connectivity index (χ1v) is 6.63. The van der Waals surface area contributed by atoms with E-state index in [2.05, 4.69) is 9.97 Å². The van der Waals surface area contributed by atoms with Crippen LogP contribution in [0.4, 0.5) is 23.4 Å². The van der Waals surface area contributed by atoms with Gasteiger partial charge in [0.15, 0.2) is 11.6 Å². The Morgan fingerprint density at radius 1 is 1.08 bits per heavy atom. The molecular weight excluding hydrogens is 328 g/mol. The third-order valence-corrected chi connectivity index (χ3v) is 3.09. The van der Waals surface area contributed by atoms with Crippen molar-refractivity contribution in [2.24, 2.45) is 0 Å². The monoisotopic (exact) mass is 338 g/mol. The Hall–Kier alpha value is -3.10. The molecule has 0 radical (unpaired) electrons. The highest BCUT2D eigenvalue weighted by Crippen LogP contribution is 2.32. The lowest BCUT2D eigenvalue weighted by Gasteiger charge is -2.10. The van der Waals surface area contributed by atoms with Gasteiger partial charge in [0.25, 0.3) is 0 Å². The molecule has 5 nitrogen and oxygen atoms in total. The van der Waals surface area contributed by atoms with Crippen LogP contribution >= 0.6 is 0 Å². The molecule has 0 bridgehead atoms. The number of alkyl halides is 3. The molecule has 0 unspecified atom stereocenters. The number of hydrogen-bond acceptors (Lipinski definition) is 4. The highest BCUT2D eigenvalue weighted by molar-refractivity contribution is 5.42. The van der Waals surface area contributed by atoms with Crippen LogP contribution in [-0.4, -0.2) is 14.5 Å². The summed E-state index contributed by atoms with van der Waals surface area (Å²) in [7, 11) is 0. The maximum absolute atomic E-state index is 14.1. The van der Waals surface area contributed by atoms with Crippen molar-refractivity contribution in [2.75, 3.05) is 5.73 Å². The molecule has 0 atom stereocenters. The molecule has 0 aliphatic heterocycles. The lowest BCUT2D eigenvalue weighted by atomic mass is 10.2. The summed E-state index contributed by atoms with van der Waals surface area (Å²) in [6.45, 7) is 0. The van der Waals surface area contributed by atoms with Gasteiger partial charge in [-0.3, -0.25) is 0 Å². The lowest BCUT2D eigenvalue weighted by Crippen LogP contribution is -2.05. The van der Waals surface area contributed by atoms with Gasteiger partial charge < -0.3 is 15.0 Å². The Kier molecular flexibility index (Phi) is 3.84. The van der Waals surface area contributed by atoms with Gasteiger partial charge in [0.05, 0.1) is 11.8 Å². The van der Waals surface area contributed by atoms with Gasteiger partial charge in [0, 0.05) is 24.0 Å². The highest BCUT2D eigenvalue weighted by Gasteiger charge is 2.31. The van der Waals surface area contributed by atoms with Gasteiger partial charge >= 0.3 is 6.18 Å². The molecule has 9 heteroatoms. The van der Waals surface area contributed by atoms with Crippen molar-refractivity contribution in [3.05, 3.63) is 60.4 Å². The molecule has 1 aromatic carbocycles. The van der Waals surface area contributed by atoms with Crippen molar-refractivity contribution in [2.45, 2.75) is 6.18 Å². The van der Waals surface area contributed by atoms with E-state index >= 15 is 0 Å². The second-order valence-electron chi connectivity index (χ2n) is 4.80. The highest BCUT2D eigenvalue weighted by atomic mass is 19.4. The summed E-state index contributed by atoms with van der Waals surface area (Å²) in [5.74, 6) is -1.11. The Bertz CT molecular complexity index is 876. The van der Waals surface area contributed by atoms with Crippen LogP contribution in [0.1, 0.15) is 5.56 Å². The Morgan fingerprint density at radius 2 is 1.88 bits per heavy atom. The van der Waals surface area contributed by atoms with Crippen LogP contribution in [0, 0.1) is 5.82 Å². The first kappa shape index (κ1) is 15.8. The quantitative estimate of drug-likeness (QED) is 0.738. The number of pyridine rings is 1. The van der Waals surface area contributed by atoms with Crippen LogP contribution in [0.3, 0.4) is 0 Å². The number of benzene rings is 1. The number of hydrogen-bond donors (Lipinski definition) is 1. The zero-order chi connectivity index (χ0) is 17.3. The van der Waals surface area contributed by atoms with Crippen molar-refractivity contribution < 1.29 is 22.3 Å². The fourth-order valence-corrected chi connectivity index (χ4v) is 1.97. The largest absolute Gasteiger partial charge is 0.436 e. The minimum Gasteiger partial charge on any atom is -0.436 e. The van der Waals surface area contributed by atoms with E-state index < -0.39 is 17.6 Å². The fourth-order valence-electron chi connectivity index (χ4n) is 1.97. The summed E-state index contributed by atoms with van der Waals surface area (Å²) >= 11 is 0. The maximum atomic E-state index is 14.1. The van der Waals surface area contributed by atoms with E-state index in [1.165, 1.54) is 29.2 Å². The minimum atomic E-state index is -4.54. The van der Waals surface area contributed by atoms with Gasteiger partial charge in [0.2, 0.25) is 5.88 Å². The molecule has 2 heterocycles. The number of nitrogens with two attached hydrogens (primary N) is 1. The van der Waals surface area contributed by atoms with E-state index in [4.69, 9.17) is 10.5 Å². The van der Waals surface area contributed by atoms with E-state index in [1.54, 1.807) is 0 Å². The lowest BCUT2D eigenvalue weighted by molar-refractivity contribution is -0.137. The molecule has 24 heavy (non-hydrogen) atoms. The molecule has 0 amide bonds. The van der Waals surface area contributed by atoms with Crippen LogP contribution in [0.2, 0.25) is 0 Å². The van der Waals surface area contributed by atoms with Gasteiger partial charge in [-0.25, -0.2) is 14.4 Å². The van der Waals surface area contributed by atoms with E-state index in [0.29, 0.717) is 11.8 Å². The molecule has 2 aromatic heterocycles. The molecule has 0 saturated carbocycles. The predicted octanol–water partition coefficient (Wildman–Crippen LogP) is 3.80. The van der Waals surface area contributed by atoms with E-state index in [9.17, 15) is 17.6 Å². The number of anilines is 1. The topological polar surface area (TPSA) is 66.0 Å². The third-order valence-electron chi connectivity index (χ3n) is 3.09. The van der Waals surface area contributed by atoms with Crippen molar-refractivity contribution in [3.8, 4) is 17.3 Å². The molecule has 2 N–H and O–H groups in total. The van der Waals surface area contributed by atoms with Crippen LogP contribution < -0.4 is 10.5 Å². The average Bonchev–Trinajstić information content (AvgIpc) is 2.95. The van der Waals surface area contributed by atoms with Crippen molar-refractivity contribution in [3.63, 3.8) is 0 Å². The molecule has 3 aromatic rings. The fraction of sp³-hybridized carbons (Fsp3) is 0.0667. The number of halogens is 4. The van der Waals surface area contributed by atoms with Crippen molar-refractivity contribution in [1.29, 1.82) is 0 Å². The molecule has 3 rings (SSSR count). The SMILES string of the molecule is Nc1cn(-c2ccc(Oc3cc(C(F)(F)F)ccn3)c(F)c2)cn1. The number of aromatic nitrogens is 3. The summed E-state index contributed by atoms with van der Waals surface area (Å²) in [5.41, 5.74) is 4.98. The summed E-state index contributed by atoms with van der Waals surface area (Å²) in [4.78, 5) is 7.47. The maximum Gasteiger partial charge on any atom is 0.416 e. The third kappa shape index (κ3) is 3.29. The Labute approximate surface area is 133 Å². The summed E-state index contributed by atoms with van der Waals surface area (Å²) < 4.78 is 58.7. The summed E-state index contributed by atoms with van der Waals surface area (Å²) in [6, 6.07) is 5.43. The van der Waals surface area contributed by atoms with E-state index in [1.807, 2.05) is 0 Å². The number of imidazole rings is 1. The van der Waals surface area contributed by atoms with Crippen LogP contribution in [0.25, 0.3) is 5.69 Å². The number of nitrogens with zero attached hydrogens (tertiary/aromatic N) is 3. The summed E-state index contributed by atoms with van der Waals surface area (Å²) in [5, 5.41) is 0. The second-order valence-corrected chi connectivity index (χ2v) is 4.80. The smallest absolute Gasteiger partial charge is 0.416 e. The van der Waals surface area contributed by atoms with E-state index in [0.717, 1.165) is 18.3 Å². The average molecular weight is 338 g/mol. The van der Waals surface area contributed by atoms with Gasteiger partial charge in [-0.2, -0.15) is 13.2 Å². The normalized spacial score (nSPS) is 11.5. The van der Waals surface area contributed by atoms with Gasteiger partial charge in [-0.05, 0) is 18.2 Å². The standard InChI is InChI=1S/C15H10F4N4O/c16-11-6-10(23-7-13(20)22-8-23)1-2-12(11)24-14-5-9(3-4-21-14)15(17,18)19/h1-8H,20H2. The first-order valence-electron chi connectivity index (χ1n) is 6.63. The first-order chi connectivity index (χ1) is 11.3. The van der Waals surface area contributed by atoms with Crippen LogP contribution in [-0.2, 0) is 6.18 Å². The zero-order valence-electron chi connectivity index (χ0n) is 12.0. The molecule has 0 spiro atoms. The number of ether oxygens (including phenoxy) is 1. The minimum absolute atomic E-state index is 0.251. The number of nitrogen functional groups attached to an aromatic ring is 1. The molecule has 0 saturated heterocycles. The van der Waals surface area contributed by atoms with Crippen molar-refractivity contribution >= 4 is 5.82 Å². The zero-order valence-corrected chi connectivity index (χ0v) is 12.0. The predicted molar refractivity (Wildman–Crippen MR) is 77.2 cm³/mol. The second kappa shape index (κ2) is 5.84. The Balaban J connectivity index is 1.86. The molecular formula is C15H10F4N4O. The summed E-state index contributed by atoms with van der Waals surface area (Å²) in [6.07, 6.45) is -0.702. The van der Waals surface area contributed by atoms with Crippen molar-refractivity contribution in [1.82, 2.24) is 14.5 Å². The van der Waals surface area contributed by atoms with Crippen LogP contribution in [0.5, 0.6) is 11.6 Å². The number of rotatable bonds is 3. The van der Waals surface area contributed by atoms with Crippen LogP contribution in [0.15, 0.2) is 49.1 Å². The Morgan fingerprint density at radius 3 is 2.50 bits per heavy atom. The molecule has 124 valence electrons. The molecule has 0 fully saturated rings. The van der Waals surface area contributed by atoms with Gasteiger partial charge in [-0.1, -0.05) is 0 Å². The molecule has 0 aliphatic carbocycles. The molecule has 0 aliphatic rings. The van der Waals surface area contributed by atoms with Gasteiger partial charge in [0.1, 0.15) is 12.1 Å².